The summed E-state index contributed by atoms with van der Waals surface area (Å²) in [6, 6.07) is 6.35. The molecule has 7 heteroatoms. The molecule has 0 bridgehead atoms. The SMILES string of the molecule is CC1CN(C(=O)c2ccc(S(=O)(=O)N3CCCCC3C)cc2)CCO1. The summed E-state index contributed by atoms with van der Waals surface area (Å²) in [6.07, 6.45) is 2.89. The molecule has 1 aromatic rings. The minimum absolute atomic E-state index is 0.0231. The van der Waals surface area contributed by atoms with Gasteiger partial charge in [0.1, 0.15) is 0 Å². The molecule has 1 amide bonds. The summed E-state index contributed by atoms with van der Waals surface area (Å²) in [5, 5.41) is 0. The Morgan fingerprint density at radius 1 is 1.12 bits per heavy atom. The predicted octanol–water partition coefficient (Wildman–Crippen LogP) is 2.11. The first kappa shape index (κ1) is 18.4. The van der Waals surface area contributed by atoms with Crippen molar-refractivity contribution in [3.63, 3.8) is 0 Å². The molecular weight excluding hydrogens is 340 g/mol. The second kappa shape index (κ2) is 7.43. The number of benzene rings is 1. The van der Waals surface area contributed by atoms with Gasteiger partial charge in [-0.05, 0) is 51.0 Å². The molecule has 2 saturated heterocycles. The summed E-state index contributed by atoms with van der Waals surface area (Å²) in [4.78, 5) is 14.6. The molecule has 0 saturated carbocycles. The third-order valence-corrected chi connectivity index (χ3v) is 7.01. The molecule has 2 aliphatic heterocycles. The molecule has 0 spiro atoms. The van der Waals surface area contributed by atoms with Crippen LogP contribution in [0.5, 0.6) is 0 Å². The monoisotopic (exact) mass is 366 g/mol. The van der Waals surface area contributed by atoms with E-state index in [-0.39, 0.29) is 22.9 Å². The van der Waals surface area contributed by atoms with Gasteiger partial charge >= 0.3 is 0 Å². The van der Waals surface area contributed by atoms with Crippen LogP contribution in [0.3, 0.4) is 0 Å². The third kappa shape index (κ3) is 3.88. The number of carbonyl (C=O) groups excluding carboxylic acids is 1. The number of hydrogen-bond acceptors (Lipinski definition) is 4. The lowest BCUT2D eigenvalue weighted by Crippen LogP contribution is -2.44. The standard InChI is InChI=1S/C18H26N2O4S/c1-14-5-3-4-10-20(14)25(22,23)17-8-6-16(7-9-17)18(21)19-11-12-24-15(2)13-19/h6-9,14-15H,3-5,10-13H2,1-2H3. The van der Waals surface area contributed by atoms with Gasteiger partial charge in [0, 0.05) is 31.2 Å². The molecule has 3 rings (SSSR count). The van der Waals surface area contributed by atoms with E-state index in [0.29, 0.717) is 31.8 Å². The number of piperidine rings is 1. The van der Waals surface area contributed by atoms with Crippen molar-refractivity contribution in [2.75, 3.05) is 26.2 Å². The van der Waals surface area contributed by atoms with E-state index in [1.54, 1.807) is 33.5 Å². The van der Waals surface area contributed by atoms with Gasteiger partial charge < -0.3 is 9.64 Å². The zero-order valence-corrected chi connectivity index (χ0v) is 15.7. The molecule has 0 aromatic heterocycles. The van der Waals surface area contributed by atoms with Crippen LogP contribution in [-0.4, -0.2) is 61.9 Å². The number of nitrogens with zero attached hydrogens (tertiary/aromatic N) is 2. The van der Waals surface area contributed by atoms with Crippen molar-refractivity contribution in [3.8, 4) is 0 Å². The molecule has 2 unspecified atom stereocenters. The highest BCUT2D eigenvalue weighted by molar-refractivity contribution is 7.89. The zero-order chi connectivity index (χ0) is 18.0. The fraction of sp³-hybridized carbons (Fsp3) is 0.611. The molecule has 2 atom stereocenters. The Hall–Kier alpha value is -1.44. The first-order chi connectivity index (χ1) is 11.9. The second-order valence-electron chi connectivity index (χ2n) is 6.92. The van der Waals surface area contributed by atoms with Gasteiger partial charge in [-0.25, -0.2) is 8.42 Å². The van der Waals surface area contributed by atoms with Crippen molar-refractivity contribution >= 4 is 15.9 Å². The summed E-state index contributed by atoms with van der Waals surface area (Å²) in [5.74, 6) is -0.0783. The first-order valence-electron chi connectivity index (χ1n) is 8.92. The van der Waals surface area contributed by atoms with Crippen molar-refractivity contribution in [1.29, 1.82) is 0 Å². The number of hydrogen-bond donors (Lipinski definition) is 0. The van der Waals surface area contributed by atoms with Crippen LogP contribution in [0.15, 0.2) is 29.2 Å². The average Bonchev–Trinajstić information content (AvgIpc) is 2.61. The molecule has 0 N–H and O–H groups in total. The van der Waals surface area contributed by atoms with E-state index in [1.165, 1.54) is 0 Å². The molecule has 0 aliphatic carbocycles. The third-order valence-electron chi connectivity index (χ3n) is 4.98. The lowest BCUT2D eigenvalue weighted by Gasteiger charge is -2.32. The minimum Gasteiger partial charge on any atom is -0.375 e. The first-order valence-corrected chi connectivity index (χ1v) is 10.4. The highest BCUT2D eigenvalue weighted by Crippen LogP contribution is 2.25. The maximum atomic E-state index is 12.8. The van der Waals surface area contributed by atoms with Crippen molar-refractivity contribution in [2.24, 2.45) is 0 Å². The van der Waals surface area contributed by atoms with Gasteiger partial charge in [0.2, 0.25) is 10.0 Å². The number of carbonyl (C=O) groups is 1. The van der Waals surface area contributed by atoms with Crippen LogP contribution < -0.4 is 0 Å². The van der Waals surface area contributed by atoms with E-state index in [9.17, 15) is 13.2 Å². The van der Waals surface area contributed by atoms with Gasteiger partial charge in [-0.1, -0.05) is 6.42 Å². The van der Waals surface area contributed by atoms with Crippen LogP contribution in [0.25, 0.3) is 0 Å². The molecular formula is C18H26N2O4S. The molecule has 2 heterocycles. The van der Waals surface area contributed by atoms with E-state index >= 15 is 0 Å². The predicted molar refractivity (Wildman–Crippen MR) is 95.0 cm³/mol. The number of morpholine rings is 1. The molecule has 25 heavy (non-hydrogen) atoms. The second-order valence-corrected chi connectivity index (χ2v) is 8.81. The zero-order valence-electron chi connectivity index (χ0n) is 14.8. The Balaban J connectivity index is 1.76. The number of amides is 1. The molecule has 2 aliphatic rings. The highest BCUT2D eigenvalue weighted by atomic mass is 32.2. The number of sulfonamides is 1. The Labute approximate surface area is 149 Å². The topological polar surface area (TPSA) is 66.9 Å². The summed E-state index contributed by atoms with van der Waals surface area (Å²) in [6.45, 7) is 6.11. The van der Waals surface area contributed by atoms with Gasteiger partial charge in [0.05, 0.1) is 17.6 Å². The van der Waals surface area contributed by atoms with Crippen molar-refractivity contribution in [1.82, 2.24) is 9.21 Å². The van der Waals surface area contributed by atoms with Gasteiger partial charge in [0.25, 0.3) is 5.91 Å². The summed E-state index contributed by atoms with van der Waals surface area (Å²) in [7, 11) is -3.50. The van der Waals surface area contributed by atoms with Crippen molar-refractivity contribution in [2.45, 2.75) is 50.2 Å². The molecule has 0 radical (unpaired) electrons. The Morgan fingerprint density at radius 3 is 2.48 bits per heavy atom. The van der Waals surface area contributed by atoms with Crippen LogP contribution in [0.4, 0.5) is 0 Å². The summed E-state index contributed by atoms with van der Waals surface area (Å²) < 4.78 is 32.7. The maximum absolute atomic E-state index is 12.8. The fourth-order valence-electron chi connectivity index (χ4n) is 3.52. The molecule has 6 nitrogen and oxygen atoms in total. The Bertz CT molecular complexity index is 717. The van der Waals surface area contributed by atoms with Crippen molar-refractivity contribution in [3.05, 3.63) is 29.8 Å². The van der Waals surface area contributed by atoms with E-state index in [1.807, 2.05) is 13.8 Å². The normalized spacial score (nSPS) is 25.8. The number of rotatable bonds is 3. The molecule has 1 aromatic carbocycles. The summed E-state index contributed by atoms with van der Waals surface area (Å²) >= 11 is 0. The smallest absolute Gasteiger partial charge is 0.254 e. The van der Waals surface area contributed by atoms with E-state index < -0.39 is 10.0 Å². The van der Waals surface area contributed by atoms with E-state index in [4.69, 9.17) is 4.74 Å². The lowest BCUT2D eigenvalue weighted by molar-refractivity contribution is -0.0124. The van der Waals surface area contributed by atoms with Gasteiger partial charge in [-0.3, -0.25) is 4.79 Å². The summed E-state index contributed by atoms with van der Waals surface area (Å²) in [5.41, 5.74) is 0.514. The minimum atomic E-state index is -3.50. The average molecular weight is 366 g/mol. The highest BCUT2D eigenvalue weighted by Gasteiger charge is 2.31. The van der Waals surface area contributed by atoms with Crippen LogP contribution >= 0.6 is 0 Å². The van der Waals surface area contributed by atoms with Crippen LogP contribution in [0, 0.1) is 0 Å². The van der Waals surface area contributed by atoms with Gasteiger partial charge in [-0.2, -0.15) is 4.31 Å². The van der Waals surface area contributed by atoms with Crippen LogP contribution in [0.2, 0.25) is 0 Å². The van der Waals surface area contributed by atoms with E-state index in [0.717, 1.165) is 19.3 Å². The lowest BCUT2D eigenvalue weighted by atomic mass is 10.1. The number of ether oxygens (including phenoxy) is 1. The maximum Gasteiger partial charge on any atom is 0.254 e. The van der Waals surface area contributed by atoms with Gasteiger partial charge in [0.15, 0.2) is 0 Å². The fourth-order valence-corrected chi connectivity index (χ4v) is 5.22. The van der Waals surface area contributed by atoms with Crippen LogP contribution in [-0.2, 0) is 14.8 Å². The largest absolute Gasteiger partial charge is 0.375 e. The van der Waals surface area contributed by atoms with Crippen LogP contribution in [0.1, 0.15) is 43.5 Å². The van der Waals surface area contributed by atoms with E-state index in [2.05, 4.69) is 0 Å². The molecule has 2 fully saturated rings. The van der Waals surface area contributed by atoms with Crippen molar-refractivity contribution < 1.29 is 17.9 Å². The Kier molecular flexibility index (Phi) is 5.46. The Morgan fingerprint density at radius 2 is 1.84 bits per heavy atom. The molecule has 138 valence electrons. The van der Waals surface area contributed by atoms with Gasteiger partial charge in [-0.15, -0.1) is 0 Å². The quantitative estimate of drug-likeness (QED) is 0.822.